The van der Waals surface area contributed by atoms with E-state index in [1.165, 1.54) is 24.2 Å². The van der Waals surface area contributed by atoms with Gasteiger partial charge in [0.2, 0.25) is 5.91 Å². The van der Waals surface area contributed by atoms with Gasteiger partial charge in [-0.15, -0.1) is 0 Å². The summed E-state index contributed by atoms with van der Waals surface area (Å²) < 4.78 is 2.01. The van der Waals surface area contributed by atoms with Crippen LogP contribution >= 0.6 is 11.8 Å². The number of nitrogen functional groups attached to an aromatic ring is 1. The van der Waals surface area contributed by atoms with Crippen LogP contribution < -0.4 is 11.1 Å². The minimum absolute atomic E-state index is 0.259. The van der Waals surface area contributed by atoms with Gasteiger partial charge in [0.15, 0.2) is 5.16 Å². The Labute approximate surface area is 206 Å². The molecule has 0 fully saturated rings. The lowest BCUT2D eigenvalue weighted by atomic mass is 9.98. The number of carbonyl (C=O) groups excluding carboxylic acids is 1. The van der Waals surface area contributed by atoms with Crippen LogP contribution in [0, 0.1) is 0 Å². The molecule has 0 unspecified atom stereocenters. The van der Waals surface area contributed by atoms with Gasteiger partial charge < -0.3 is 15.6 Å². The molecule has 0 bridgehead atoms. The number of nitrogens with zero attached hydrogens (tertiary/aromatic N) is 5. The van der Waals surface area contributed by atoms with Crippen LogP contribution in [-0.4, -0.2) is 30.4 Å². The molecule has 3 aromatic heterocycles. The van der Waals surface area contributed by atoms with E-state index in [-0.39, 0.29) is 5.91 Å². The number of fused-ring (bicyclic) bond motifs is 1. The number of nitrogens with one attached hydrogen (secondary N) is 1. The zero-order chi connectivity index (χ0) is 24.4. The number of carbonyl (C=O) groups is 1. The third kappa shape index (κ3) is 4.36. The lowest BCUT2D eigenvalue weighted by Gasteiger charge is -2.11. The zero-order valence-corrected chi connectivity index (χ0v) is 19.7. The second-order valence-corrected chi connectivity index (χ2v) is 8.71. The number of nitrogens with two attached hydrogens (primary N) is 1. The number of aryl methyl sites for hydroxylation is 1. The number of hydrogen-bond donors (Lipinski definition) is 2. The normalized spacial score (nSPS) is 10.9. The minimum atomic E-state index is -0.259. The van der Waals surface area contributed by atoms with Crippen molar-refractivity contribution in [3.63, 3.8) is 0 Å². The van der Waals surface area contributed by atoms with Gasteiger partial charge in [-0.25, -0.2) is 19.9 Å². The van der Waals surface area contributed by atoms with Gasteiger partial charge in [0.05, 0.1) is 11.1 Å². The maximum absolute atomic E-state index is 11.7. The summed E-state index contributed by atoms with van der Waals surface area (Å²) >= 11 is 1.49. The second-order valence-electron chi connectivity index (χ2n) is 7.67. The van der Waals surface area contributed by atoms with Gasteiger partial charge in [-0.3, -0.25) is 4.79 Å². The smallest absolute Gasteiger partial charge is 0.247 e. The molecule has 0 radical (unpaired) electrons. The molecule has 0 aliphatic rings. The van der Waals surface area contributed by atoms with Crippen molar-refractivity contribution < 1.29 is 4.79 Å². The Kier molecular flexibility index (Phi) is 5.99. The molecule has 0 spiro atoms. The summed E-state index contributed by atoms with van der Waals surface area (Å²) in [5.41, 5.74) is 11.6. The first kappa shape index (κ1) is 22.3. The average Bonchev–Trinajstić information content (AvgIpc) is 3.19. The maximum Gasteiger partial charge on any atom is 0.247 e. The zero-order valence-electron chi connectivity index (χ0n) is 18.8. The van der Waals surface area contributed by atoms with Crippen LogP contribution in [-0.2, 0) is 11.8 Å². The minimum Gasteiger partial charge on any atom is -0.383 e. The van der Waals surface area contributed by atoms with Gasteiger partial charge in [-0.2, -0.15) is 0 Å². The van der Waals surface area contributed by atoms with E-state index in [9.17, 15) is 4.79 Å². The Hall–Kier alpha value is -4.50. The molecule has 0 saturated carbocycles. The molecule has 9 heteroatoms. The highest BCUT2D eigenvalue weighted by molar-refractivity contribution is 7.99. The largest absolute Gasteiger partial charge is 0.383 e. The number of amides is 1. The van der Waals surface area contributed by atoms with Crippen molar-refractivity contribution in [2.45, 2.75) is 10.1 Å². The van der Waals surface area contributed by atoms with E-state index in [0.29, 0.717) is 16.7 Å². The van der Waals surface area contributed by atoms with Crippen LogP contribution in [0.3, 0.4) is 0 Å². The molecule has 35 heavy (non-hydrogen) atoms. The predicted octanol–water partition coefficient (Wildman–Crippen LogP) is 4.95. The number of benzene rings is 2. The molecule has 2 aromatic carbocycles. The predicted molar refractivity (Wildman–Crippen MR) is 139 cm³/mol. The van der Waals surface area contributed by atoms with Crippen molar-refractivity contribution in [1.82, 2.24) is 24.5 Å². The number of anilines is 2. The molecule has 1 amide bonds. The number of hydrogen-bond acceptors (Lipinski definition) is 7. The van der Waals surface area contributed by atoms with E-state index < -0.39 is 0 Å². The molecule has 0 aliphatic heterocycles. The van der Waals surface area contributed by atoms with Gasteiger partial charge in [0.25, 0.3) is 0 Å². The summed E-state index contributed by atoms with van der Waals surface area (Å²) in [5.74, 6) is 0.155. The molecule has 5 rings (SSSR count). The Bertz CT molecular complexity index is 1530. The highest BCUT2D eigenvalue weighted by atomic mass is 32.2. The van der Waals surface area contributed by atoms with E-state index >= 15 is 0 Å². The topological polar surface area (TPSA) is 112 Å². The fourth-order valence-electron chi connectivity index (χ4n) is 3.93. The molecule has 0 aliphatic carbocycles. The van der Waals surface area contributed by atoms with E-state index in [4.69, 9.17) is 5.73 Å². The van der Waals surface area contributed by atoms with Crippen molar-refractivity contribution in [3.8, 4) is 22.4 Å². The molecule has 5 aromatic rings. The van der Waals surface area contributed by atoms with Gasteiger partial charge in [-0.1, -0.05) is 30.8 Å². The lowest BCUT2D eigenvalue weighted by molar-refractivity contribution is -0.111. The molecule has 172 valence electrons. The highest BCUT2D eigenvalue weighted by Crippen LogP contribution is 2.42. The summed E-state index contributed by atoms with van der Waals surface area (Å²) in [7, 11) is 1.96. The third-order valence-electron chi connectivity index (χ3n) is 5.50. The molecule has 0 atom stereocenters. The Morgan fingerprint density at radius 2 is 1.69 bits per heavy atom. The summed E-state index contributed by atoms with van der Waals surface area (Å²) in [6, 6.07) is 17.6. The first-order valence-corrected chi connectivity index (χ1v) is 11.5. The van der Waals surface area contributed by atoms with Crippen molar-refractivity contribution in [2.75, 3.05) is 11.1 Å². The van der Waals surface area contributed by atoms with Gasteiger partial charge >= 0.3 is 0 Å². The number of rotatable bonds is 6. The van der Waals surface area contributed by atoms with Crippen molar-refractivity contribution in [2.24, 2.45) is 7.05 Å². The Balaban J connectivity index is 1.60. The van der Waals surface area contributed by atoms with Crippen molar-refractivity contribution >= 4 is 40.2 Å². The average molecular weight is 480 g/mol. The molecular weight excluding hydrogens is 458 g/mol. The second kappa shape index (κ2) is 9.40. The summed E-state index contributed by atoms with van der Waals surface area (Å²) in [5, 5.41) is 4.25. The van der Waals surface area contributed by atoms with Crippen LogP contribution in [0.15, 0.2) is 96.0 Å². The lowest BCUT2D eigenvalue weighted by Crippen LogP contribution is -2.06. The van der Waals surface area contributed by atoms with Crippen LogP contribution in [0.1, 0.15) is 0 Å². The van der Waals surface area contributed by atoms with Crippen LogP contribution in [0.4, 0.5) is 11.5 Å². The SMILES string of the molecule is C=CC(=O)Nc1ccc(-c2c(-c3ccc(Sc4ncccn4)cc3)c3c(N)ncnc3n2C)cc1. The first-order valence-electron chi connectivity index (χ1n) is 10.7. The standard InChI is InChI=1S/C26H21N7OS/c1-3-20(34)32-18-9-5-17(6-10-18)23-21(22-24(27)30-15-31-25(22)33(23)2)16-7-11-19(12-8-16)35-26-28-13-4-14-29-26/h3-15H,1H2,2H3,(H,32,34)(H2,27,30,31). The van der Waals surface area contributed by atoms with E-state index in [1.54, 1.807) is 18.5 Å². The molecule has 8 nitrogen and oxygen atoms in total. The fourth-order valence-corrected chi connectivity index (χ4v) is 4.64. The van der Waals surface area contributed by atoms with Crippen molar-refractivity contribution in [1.29, 1.82) is 0 Å². The van der Waals surface area contributed by atoms with Gasteiger partial charge in [0, 0.05) is 35.6 Å². The van der Waals surface area contributed by atoms with Crippen LogP contribution in [0.2, 0.25) is 0 Å². The fraction of sp³-hybridized carbons (Fsp3) is 0.0385. The number of aromatic nitrogens is 5. The molecule has 3 heterocycles. The summed E-state index contributed by atoms with van der Waals surface area (Å²) in [4.78, 5) is 30.0. The highest BCUT2D eigenvalue weighted by Gasteiger charge is 2.21. The van der Waals surface area contributed by atoms with E-state index in [1.807, 2.05) is 48.0 Å². The van der Waals surface area contributed by atoms with E-state index in [2.05, 4.69) is 44.0 Å². The Morgan fingerprint density at radius 1 is 1.00 bits per heavy atom. The third-order valence-corrected chi connectivity index (χ3v) is 6.40. The monoisotopic (exact) mass is 479 g/mol. The van der Waals surface area contributed by atoms with Crippen LogP contribution in [0.25, 0.3) is 33.4 Å². The summed E-state index contributed by atoms with van der Waals surface area (Å²) in [6.45, 7) is 3.49. The van der Waals surface area contributed by atoms with Crippen LogP contribution in [0.5, 0.6) is 0 Å². The summed E-state index contributed by atoms with van der Waals surface area (Å²) in [6.07, 6.45) is 6.16. The molecular formula is C26H21N7OS. The molecule has 0 saturated heterocycles. The van der Waals surface area contributed by atoms with Gasteiger partial charge in [-0.05, 0) is 59.3 Å². The molecule has 3 N–H and O–H groups in total. The maximum atomic E-state index is 11.7. The quantitative estimate of drug-likeness (QED) is 0.262. The first-order chi connectivity index (χ1) is 17.0. The van der Waals surface area contributed by atoms with E-state index in [0.717, 1.165) is 38.3 Å². The van der Waals surface area contributed by atoms with Gasteiger partial charge in [0.1, 0.15) is 17.8 Å². The Morgan fingerprint density at radius 3 is 2.37 bits per heavy atom. The van der Waals surface area contributed by atoms with Crippen molar-refractivity contribution in [3.05, 3.63) is 86.0 Å².